The van der Waals surface area contributed by atoms with E-state index in [4.69, 9.17) is 13.3 Å². The summed E-state index contributed by atoms with van der Waals surface area (Å²) < 4.78 is 16.8. The van der Waals surface area contributed by atoms with E-state index < -0.39 is 8.80 Å². The molecule has 0 rings (SSSR count). The zero-order valence-electron chi connectivity index (χ0n) is 9.64. The topological polar surface area (TPSA) is 27.7 Å². The van der Waals surface area contributed by atoms with Gasteiger partial charge in [0.15, 0.2) is 0 Å². The molecule has 80 valence electrons. The average molecular weight is 206 g/mol. The van der Waals surface area contributed by atoms with Gasteiger partial charge in [-0.1, -0.05) is 20.8 Å². The van der Waals surface area contributed by atoms with Crippen molar-refractivity contribution in [2.75, 3.05) is 20.3 Å². The predicted molar refractivity (Wildman–Crippen MR) is 55.7 cm³/mol. The molecule has 4 heteroatoms. The molecule has 0 unspecified atom stereocenters. The summed E-state index contributed by atoms with van der Waals surface area (Å²) in [6.07, 6.45) is 0. The highest BCUT2D eigenvalue weighted by atomic mass is 28.4. The monoisotopic (exact) mass is 206 g/mol. The van der Waals surface area contributed by atoms with E-state index in [-0.39, 0.29) is 5.04 Å². The highest BCUT2D eigenvalue weighted by Gasteiger charge is 2.51. The van der Waals surface area contributed by atoms with E-state index >= 15 is 0 Å². The predicted octanol–water partition coefficient (Wildman–Crippen LogP) is 2.44. The third kappa shape index (κ3) is 3.05. The highest BCUT2D eigenvalue weighted by molar-refractivity contribution is 6.64. The van der Waals surface area contributed by atoms with Crippen LogP contribution < -0.4 is 0 Å². The fraction of sp³-hybridized carbons (Fsp3) is 1.00. The zero-order valence-corrected chi connectivity index (χ0v) is 10.6. The van der Waals surface area contributed by atoms with Crippen LogP contribution in [0.4, 0.5) is 0 Å². The van der Waals surface area contributed by atoms with Gasteiger partial charge in [-0.2, -0.15) is 0 Å². The standard InChI is InChI=1S/C9H22O3Si/c1-7-11-13(10-6,12-8-2)9(3,4)5/h7-8H2,1-6H3. The molecule has 0 aliphatic carbocycles. The molecule has 0 amide bonds. The summed E-state index contributed by atoms with van der Waals surface area (Å²) in [5.74, 6) is 0. The van der Waals surface area contributed by atoms with Crippen molar-refractivity contribution in [2.24, 2.45) is 0 Å². The molecule has 0 aromatic rings. The van der Waals surface area contributed by atoms with Crippen LogP contribution in [-0.4, -0.2) is 29.1 Å². The minimum Gasteiger partial charge on any atom is -0.377 e. The van der Waals surface area contributed by atoms with E-state index in [9.17, 15) is 0 Å². The van der Waals surface area contributed by atoms with Crippen LogP contribution in [0.15, 0.2) is 0 Å². The van der Waals surface area contributed by atoms with Crippen LogP contribution in [0.25, 0.3) is 0 Å². The first-order chi connectivity index (χ1) is 5.93. The molecule has 0 radical (unpaired) electrons. The second-order valence-electron chi connectivity index (χ2n) is 3.88. The lowest BCUT2D eigenvalue weighted by Crippen LogP contribution is -2.52. The zero-order chi connectivity index (χ0) is 10.5. The Hall–Kier alpha value is 0.0969. The molecule has 0 aliphatic heterocycles. The van der Waals surface area contributed by atoms with Crippen molar-refractivity contribution in [2.45, 2.75) is 39.7 Å². The van der Waals surface area contributed by atoms with Crippen LogP contribution in [0, 0.1) is 0 Å². The summed E-state index contributed by atoms with van der Waals surface area (Å²) >= 11 is 0. The van der Waals surface area contributed by atoms with E-state index in [0.29, 0.717) is 13.2 Å². The van der Waals surface area contributed by atoms with Crippen LogP contribution in [0.2, 0.25) is 5.04 Å². The first kappa shape index (κ1) is 13.1. The van der Waals surface area contributed by atoms with Crippen LogP contribution in [0.1, 0.15) is 34.6 Å². The van der Waals surface area contributed by atoms with Gasteiger partial charge in [-0.05, 0) is 13.8 Å². The third-order valence-corrected chi connectivity index (χ3v) is 5.57. The normalized spacial score (nSPS) is 13.4. The summed E-state index contributed by atoms with van der Waals surface area (Å²) in [4.78, 5) is 0. The minimum atomic E-state index is -2.47. The third-order valence-electron chi connectivity index (χ3n) is 1.86. The van der Waals surface area contributed by atoms with Crippen molar-refractivity contribution in [3.8, 4) is 0 Å². The Morgan fingerprint density at radius 2 is 1.38 bits per heavy atom. The first-order valence-corrected chi connectivity index (χ1v) is 6.49. The van der Waals surface area contributed by atoms with Gasteiger partial charge in [-0.25, -0.2) is 0 Å². The van der Waals surface area contributed by atoms with E-state index in [1.165, 1.54) is 0 Å². The molecular weight excluding hydrogens is 184 g/mol. The minimum absolute atomic E-state index is 0.0617. The van der Waals surface area contributed by atoms with Gasteiger partial charge in [-0.3, -0.25) is 0 Å². The molecule has 0 N–H and O–H groups in total. The van der Waals surface area contributed by atoms with E-state index in [2.05, 4.69) is 20.8 Å². The van der Waals surface area contributed by atoms with Gasteiger partial charge in [0.25, 0.3) is 0 Å². The maximum absolute atomic E-state index is 5.68. The molecule has 0 atom stereocenters. The Kier molecular flexibility index (Phi) is 5.13. The first-order valence-electron chi connectivity index (χ1n) is 4.76. The lowest BCUT2D eigenvalue weighted by molar-refractivity contribution is 0.0652. The molecular formula is C9H22O3Si. The Balaban J connectivity index is 4.64. The van der Waals surface area contributed by atoms with Crippen molar-refractivity contribution in [1.29, 1.82) is 0 Å². The van der Waals surface area contributed by atoms with Gasteiger partial charge in [0.2, 0.25) is 0 Å². The molecule has 0 aliphatic rings. The number of hydrogen-bond donors (Lipinski definition) is 0. The summed E-state index contributed by atoms with van der Waals surface area (Å²) in [5, 5.41) is -0.0617. The Bertz CT molecular complexity index is 136. The Morgan fingerprint density at radius 3 is 1.54 bits per heavy atom. The van der Waals surface area contributed by atoms with Crippen molar-refractivity contribution >= 4 is 8.80 Å². The van der Waals surface area contributed by atoms with Gasteiger partial charge >= 0.3 is 8.80 Å². The summed E-state index contributed by atoms with van der Waals surface area (Å²) in [7, 11) is -0.802. The largest absolute Gasteiger partial charge is 0.506 e. The molecule has 0 aromatic heterocycles. The molecule has 0 heterocycles. The second kappa shape index (κ2) is 5.10. The maximum Gasteiger partial charge on any atom is 0.506 e. The lowest BCUT2D eigenvalue weighted by Gasteiger charge is -2.37. The molecule has 0 fully saturated rings. The SMILES string of the molecule is CCO[Si](OC)(OCC)C(C)(C)C. The number of rotatable bonds is 5. The molecule has 13 heavy (non-hydrogen) atoms. The molecule has 0 spiro atoms. The van der Waals surface area contributed by atoms with Crippen LogP contribution in [0.3, 0.4) is 0 Å². The van der Waals surface area contributed by atoms with Gasteiger partial charge in [0.1, 0.15) is 0 Å². The fourth-order valence-electron chi connectivity index (χ4n) is 1.28. The molecule has 0 bridgehead atoms. The van der Waals surface area contributed by atoms with Gasteiger partial charge in [-0.15, -0.1) is 0 Å². The van der Waals surface area contributed by atoms with E-state index in [1.807, 2.05) is 13.8 Å². The quantitative estimate of drug-likeness (QED) is 0.647. The molecule has 3 nitrogen and oxygen atoms in total. The van der Waals surface area contributed by atoms with Gasteiger partial charge < -0.3 is 13.3 Å². The van der Waals surface area contributed by atoms with E-state index in [0.717, 1.165) is 0 Å². The van der Waals surface area contributed by atoms with Crippen molar-refractivity contribution in [3.05, 3.63) is 0 Å². The smallest absolute Gasteiger partial charge is 0.377 e. The lowest BCUT2D eigenvalue weighted by atomic mass is 10.3. The van der Waals surface area contributed by atoms with E-state index in [1.54, 1.807) is 7.11 Å². The second-order valence-corrected chi connectivity index (χ2v) is 7.47. The van der Waals surface area contributed by atoms with Crippen LogP contribution in [-0.2, 0) is 13.3 Å². The fourth-order valence-corrected chi connectivity index (χ4v) is 3.84. The Labute approximate surface area is 82.8 Å². The molecule has 0 saturated carbocycles. The summed E-state index contributed by atoms with van der Waals surface area (Å²) in [6.45, 7) is 11.5. The van der Waals surface area contributed by atoms with Crippen molar-refractivity contribution in [1.82, 2.24) is 0 Å². The number of hydrogen-bond acceptors (Lipinski definition) is 3. The molecule has 0 aromatic carbocycles. The van der Waals surface area contributed by atoms with Crippen LogP contribution in [0.5, 0.6) is 0 Å². The van der Waals surface area contributed by atoms with Crippen LogP contribution >= 0.6 is 0 Å². The summed E-state index contributed by atoms with van der Waals surface area (Å²) in [6, 6.07) is 0. The summed E-state index contributed by atoms with van der Waals surface area (Å²) in [5.41, 5.74) is 0. The average Bonchev–Trinajstić information content (AvgIpc) is 2.02. The highest BCUT2D eigenvalue weighted by Crippen LogP contribution is 2.37. The molecule has 0 saturated heterocycles. The van der Waals surface area contributed by atoms with Gasteiger partial charge in [0.05, 0.1) is 0 Å². The Morgan fingerprint density at radius 1 is 1.00 bits per heavy atom. The van der Waals surface area contributed by atoms with Crippen molar-refractivity contribution in [3.63, 3.8) is 0 Å². The maximum atomic E-state index is 5.68. The van der Waals surface area contributed by atoms with Gasteiger partial charge in [0, 0.05) is 25.4 Å². The van der Waals surface area contributed by atoms with Crippen molar-refractivity contribution < 1.29 is 13.3 Å².